The Morgan fingerprint density at radius 3 is 2.20 bits per heavy atom. The molecular formula is C23H31N3O7S2. The van der Waals surface area contributed by atoms with Gasteiger partial charge in [-0.25, -0.2) is 21.6 Å². The van der Waals surface area contributed by atoms with Crippen molar-refractivity contribution in [2.24, 2.45) is 0 Å². The van der Waals surface area contributed by atoms with E-state index in [-0.39, 0.29) is 34.9 Å². The molecule has 2 aromatic rings. The molecule has 0 saturated carbocycles. The third-order valence-electron chi connectivity index (χ3n) is 5.49. The molecule has 3 rings (SSSR count). The van der Waals surface area contributed by atoms with Crippen LogP contribution in [0, 0.1) is 0 Å². The summed E-state index contributed by atoms with van der Waals surface area (Å²) in [4.78, 5) is 12.5. The molecule has 1 heterocycles. The lowest BCUT2D eigenvalue weighted by Crippen LogP contribution is -2.40. The zero-order valence-corrected chi connectivity index (χ0v) is 21.4. The van der Waals surface area contributed by atoms with Crippen LogP contribution >= 0.6 is 0 Å². The first kappa shape index (κ1) is 27.1. The molecule has 1 fully saturated rings. The van der Waals surface area contributed by atoms with Gasteiger partial charge >= 0.3 is 0 Å². The van der Waals surface area contributed by atoms with Crippen LogP contribution < -0.4 is 14.8 Å². The molecule has 0 bridgehead atoms. The molecule has 1 saturated heterocycles. The number of hydrogen-bond acceptors (Lipinski definition) is 7. The largest absolute Gasteiger partial charge is 0.484 e. The Morgan fingerprint density at radius 1 is 1.00 bits per heavy atom. The fourth-order valence-electron chi connectivity index (χ4n) is 3.25. The van der Waals surface area contributed by atoms with Gasteiger partial charge in [-0.2, -0.15) is 4.31 Å². The first-order chi connectivity index (χ1) is 16.6. The molecule has 192 valence electrons. The van der Waals surface area contributed by atoms with E-state index in [0.29, 0.717) is 38.5 Å². The van der Waals surface area contributed by atoms with Gasteiger partial charge in [0.15, 0.2) is 6.61 Å². The number of nitrogens with one attached hydrogen (secondary N) is 2. The third-order valence-corrected chi connectivity index (χ3v) is 9.01. The summed E-state index contributed by atoms with van der Waals surface area (Å²) in [5.74, 6) is -0.00883. The van der Waals surface area contributed by atoms with E-state index in [1.807, 2.05) is 6.92 Å². The van der Waals surface area contributed by atoms with Gasteiger partial charge in [0.05, 0.1) is 23.0 Å². The van der Waals surface area contributed by atoms with Crippen LogP contribution in [0.5, 0.6) is 5.75 Å². The van der Waals surface area contributed by atoms with Crippen LogP contribution in [0.1, 0.15) is 25.8 Å². The van der Waals surface area contributed by atoms with Gasteiger partial charge in [0.2, 0.25) is 20.0 Å². The summed E-state index contributed by atoms with van der Waals surface area (Å²) in [6, 6.07) is 12.0. The Balaban J connectivity index is 1.47. The summed E-state index contributed by atoms with van der Waals surface area (Å²) < 4.78 is 64.5. The number of carbonyl (C=O) groups is 1. The summed E-state index contributed by atoms with van der Waals surface area (Å²) in [6.07, 6.45) is 0.674. The molecule has 0 aliphatic carbocycles. The summed E-state index contributed by atoms with van der Waals surface area (Å²) in [6.45, 7) is 5.05. The van der Waals surface area contributed by atoms with Crippen LogP contribution in [0.3, 0.4) is 0 Å². The number of carbonyl (C=O) groups excluding carboxylic acids is 1. The van der Waals surface area contributed by atoms with Gasteiger partial charge in [0.25, 0.3) is 5.91 Å². The summed E-state index contributed by atoms with van der Waals surface area (Å²) in [5.41, 5.74) is 0.739. The van der Waals surface area contributed by atoms with Gasteiger partial charge in [0, 0.05) is 25.7 Å². The number of hydrogen-bond donors (Lipinski definition) is 2. The molecule has 12 heteroatoms. The average Bonchev–Trinajstić information content (AvgIpc) is 2.87. The van der Waals surface area contributed by atoms with Crippen molar-refractivity contribution in [3.63, 3.8) is 0 Å². The molecule has 0 spiro atoms. The molecule has 35 heavy (non-hydrogen) atoms. The van der Waals surface area contributed by atoms with E-state index in [4.69, 9.17) is 9.47 Å². The number of nitrogens with zero attached hydrogens (tertiary/aromatic N) is 1. The molecule has 2 N–H and O–H groups in total. The molecule has 2 aromatic carbocycles. The van der Waals surface area contributed by atoms with Crippen molar-refractivity contribution in [2.75, 3.05) is 32.9 Å². The standard InChI is InChI=1S/C23H31N3O7S2/c1-3-18(2)25-34(28,29)21-10-6-20(7-11-21)33-17-23(27)24-16-19-4-8-22(9-5-19)35(30,31)26-12-14-32-15-13-26/h4-11,18,25H,3,12-17H2,1-2H3,(H,24,27)/t18-/m0/s1. The zero-order chi connectivity index (χ0) is 25.5. The van der Waals surface area contributed by atoms with E-state index in [2.05, 4.69) is 10.0 Å². The topological polar surface area (TPSA) is 131 Å². The fraction of sp³-hybridized carbons (Fsp3) is 0.435. The highest BCUT2D eigenvalue weighted by Gasteiger charge is 2.26. The Morgan fingerprint density at radius 2 is 1.60 bits per heavy atom. The Hall–Kier alpha value is -2.51. The van der Waals surface area contributed by atoms with Crippen molar-refractivity contribution in [1.29, 1.82) is 0 Å². The van der Waals surface area contributed by atoms with Crippen molar-refractivity contribution < 1.29 is 31.1 Å². The molecule has 10 nitrogen and oxygen atoms in total. The fourth-order valence-corrected chi connectivity index (χ4v) is 5.98. The van der Waals surface area contributed by atoms with Gasteiger partial charge in [-0.05, 0) is 55.3 Å². The molecule has 1 aliphatic rings. The first-order valence-corrected chi connectivity index (χ1v) is 14.2. The Kier molecular flexibility index (Phi) is 9.25. The Bertz CT molecular complexity index is 1190. The van der Waals surface area contributed by atoms with E-state index in [1.54, 1.807) is 19.1 Å². The predicted octanol–water partition coefficient (Wildman–Crippen LogP) is 1.48. The molecule has 0 unspecified atom stereocenters. The first-order valence-electron chi connectivity index (χ1n) is 11.3. The normalized spacial score (nSPS) is 15.9. The van der Waals surface area contributed by atoms with Crippen LogP contribution in [0.2, 0.25) is 0 Å². The van der Waals surface area contributed by atoms with Gasteiger partial charge in [-0.3, -0.25) is 4.79 Å². The maximum absolute atomic E-state index is 12.7. The smallest absolute Gasteiger partial charge is 0.258 e. The SMILES string of the molecule is CC[C@H](C)NS(=O)(=O)c1ccc(OCC(=O)NCc2ccc(S(=O)(=O)N3CCOCC3)cc2)cc1. The Labute approximate surface area is 206 Å². The van der Waals surface area contributed by atoms with Crippen molar-refractivity contribution in [3.05, 3.63) is 54.1 Å². The van der Waals surface area contributed by atoms with Gasteiger partial charge in [-0.1, -0.05) is 19.1 Å². The van der Waals surface area contributed by atoms with Gasteiger partial charge in [0.1, 0.15) is 5.75 Å². The molecular weight excluding hydrogens is 494 g/mol. The quantitative estimate of drug-likeness (QED) is 0.454. The van der Waals surface area contributed by atoms with E-state index in [9.17, 15) is 21.6 Å². The number of morpholine rings is 1. The van der Waals surface area contributed by atoms with Crippen molar-refractivity contribution in [2.45, 2.75) is 42.6 Å². The lowest BCUT2D eigenvalue weighted by atomic mass is 10.2. The second kappa shape index (κ2) is 12.0. The van der Waals surface area contributed by atoms with E-state index in [0.717, 1.165) is 5.56 Å². The minimum Gasteiger partial charge on any atom is -0.484 e. The second-order valence-corrected chi connectivity index (χ2v) is 11.8. The number of rotatable bonds is 11. The van der Waals surface area contributed by atoms with Crippen molar-refractivity contribution in [3.8, 4) is 5.75 Å². The molecule has 1 amide bonds. The van der Waals surface area contributed by atoms with Crippen LogP contribution in [0.15, 0.2) is 58.3 Å². The monoisotopic (exact) mass is 525 g/mol. The molecule has 0 radical (unpaired) electrons. The number of amides is 1. The zero-order valence-electron chi connectivity index (χ0n) is 19.8. The number of sulfonamides is 2. The van der Waals surface area contributed by atoms with Crippen molar-refractivity contribution in [1.82, 2.24) is 14.3 Å². The molecule has 1 atom stereocenters. The van der Waals surface area contributed by atoms with Crippen molar-refractivity contribution >= 4 is 26.0 Å². The van der Waals surface area contributed by atoms with Gasteiger partial charge < -0.3 is 14.8 Å². The predicted molar refractivity (Wildman–Crippen MR) is 130 cm³/mol. The van der Waals surface area contributed by atoms with Crippen LogP contribution in [0.4, 0.5) is 0 Å². The molecule has 1 aliphatic heterocycles. The van der Waals surface area contributed by atoms with Crippen LogP contribution in [-0.2, 0) is 36.1 Å². The highest BCUT2D eigenvalue weighted by atomic mass is 32.2. The lowest BCUT2D eigenvalue weighted by molar-refractivity contribution is -0.123. The van der Waals surface area contributed by atoms with Gasteiger partial charge in [-0.15, -0.1) is 0 Å². The minimum atomic E-state index is -3.61. The summed E-state index contributed by atoms with van der Waals surface area (Å²) in [5, 5.41) is 2.71. The summed E-state index contributed by atoms with van der Waals surface area (Å²) in [7, 11) is -7.17. The highest BCUT2D eigenvalue weighted by Crippen LogP contribution is 2.18. The highest BCUT2D eigenvalue weighted by molar-refractivity contribution is 7.89. The lowest BCUT2D eigenvalue weighted by Gasteiger charge is -2.26. The van der Waals surface area contributed by atoms with Crippen LogP contribution in [0.25, 0.3) is 0 Å². The third kappa shape index (κ3) is 7.48. The molecule has 0 aromatic heterocycles. The second-order valence-electron chi connectivity index (χ2n) is 8.13. The maximum atomic E-state index is 12.7. The van der Waals surface area contributed by atoms with Crippen LogP contribution in [-0.4, -0.2) is 66.0 Å². The average molecular weight is 526 g/mol. The maximum Gasteiger partial charge on any atom is 0.258 e. The summed E-state index contributed by atoms with van der Waals surface area (Å²) >= 11 is 0. The van der Waals surface area contributed by atoms with E-state index < -0.39 is 20.0 Å². The minimum absolute atomic E-state index is 0.119. The van der Waals surface area contributed by atoms with E-state index >= 15 is 0 Å². The number of benzene rings is 2. The van der Waals surface area contributed by atoms with E-state index in [1.165, 1.54) is 40.7 Å². The number of ether oxygens (including phenoxy) is 2.